The number of hydrogen-bond acceptors (Lipinski definition) is 2. The molecule has 2 aromatic rings. The third-order valence-corrected chi connectivity index (χ3v) is 4.73. The number of rotatable bonds is 6. The molecule has 0 N–H and O–H groups in total. The van der Waals surface area contributed by atoms with Gasteiger partial charge in [0.15, 0.2) is 0 Å². The van der Waals surface area contributed by atoms with E-state index in [4.69, 9.17) is 12.2 Å². The SMILES string of the molecule is CCC(Cc1ccc(C(=S)c2ccccc2C)cc1)N(C)C. The van der Waals surface area contributed by atoms with E-state index >= 15 is 0 Å². The van der Waals surface area contributed by atoms with Crippen LogP contribution in [0.5, 0.6) is 0 Å². The molecule has 1 unspecified atom stereocenters. The molecule has 0 aliphatic heterocycles. The van der Waals surface area contributed by atoms with E-state index in [-0.39, 0.29) is 0 Å². The Hall–Kier alpha value is -1.51. The normalized spacial score (nSPS) is 12.4. The summed E-state index contributed by atoms with van der Waals surface area (Å²) in [5.74, 6) is 0. The highest BCUT2D eigenvalue weighted by atomic mass is 32.1. The molecule has 0 fully saturated rings. The zero-order valence-electron chi connectivity index (χ0n) is 14.0. The van der Waals surface area contributed by atoms with Gasteiger partial charge in [0.25, 0.3) is 0 Å². The van der Waals surface area contributed by atoms with Crippen molar-refractivity contribution in [3.05, 3.63) is 70.8 Å². The molecule has 0 aromatic heterocycles. The summed E-state index contributed by atoms with van der Waals surface area (Å²) in [5.41, 5.74) is 4.89. The largest absolute Gasteiger partial charge is 0.306 e. The molecule has 2 heteroatoms. The summed E-state index contributed by atoms with van der Waals surface area (Å²) in [5, 5.41) is 0. The number of thiocarbonyl (C=S) groups is 1. The van der Waals surface area contributed by atoms with E-state index in [2.05, 4.69) is 75.3 Å². The van der Waals surface area contributed by atoms with Crippen molar-refractivity contribution in [1.29, 1.82) is 0 Å². The third kappa shape index (κ3) is 4.02. The van der Waals surface area contributed by atoms with Crippen LogP contribution in [0.1, 0.15) is 35.6 Å². The Labute approximate surface area is 140 Å². The zero-order valence-corrected chi connectivity index (χ0v) is 14.8. The summed E-state index contributed by atoms with van der Waals surface area (Å²) in [6.45, 7) is 4.35. The van der Waals surface area contributed by atoms with Crippen LogP contribution < -0.4 is 0 Å². The summed E-state index contributed by atoms with van der Waals surface area (Å²) in [7, 11) is 4.30. The van der Waals surface area contributed by atoms with Gasteiger partial charge in [-0.25, -0.2) is 0 Å². The number of aryl methyl sites for hydroxylation is 1. The molecule has 0 aliphatic rings. The van der Waals surface area contributed by atoms with Gasteiger partial charge in [0.1, 0.15) is 0 Å². The van der Waals surface area contributed by atoms with Crippen molar-refractivity contribution in [3.63, 3.8) is 0 Å². The maximum Gasteiger partial charge on any atom is 0.0524 e. The minimum atomic E-state index is 0.592. The fourth-order valence-electron chi connectivity index (χ4n) is 2.74. The van der Waals surface area contributed by atoms with E-state index in [1.54, 1.807) is 0 Å². The van der Waals surface area contributed by atoms with Gasteiger partial charge in [0.05, 0.1) is 4.86 Å². The average molecular weight is 311 g/mol. The van der Waals surface area contributed by atoms with Crippen molar-refractivity contribution in [3.8, 4) is 0 Å². The zero-order chi connectivity index (χ0) is 16.1. The Kier molecular flexibility index (Phi) is 5.87. The number of likely N-dealkylation sites (N-methyl/N-ethyl adjacent to an activating group) is 1. The first-order valence-corrected chi connectivity index (χ1v) is 8.29. The second-order valence-corrected chi connectivity index (χ2v) is 6.48. The Bertz CT molecular complexity index is 628. The van der Waals surface area contributed by atoms with Gasteiger partial charge in [-0.1, -0.05) is 67.7 Å². The number of nitrogens with zero attached hydrogens (tertiary/aromatic N) is 1. The van der Waals surface area contributed by atoms with E-state index in [0.717, 1.165) is 28.8 Å². The molecule has 22 heavy (non-hydrogen) atoms. The predicted molar refractivity (Wildman–Crippen MR) is 99.9 cm³/mol. The first-order valence-electron chi connectivity index (χ1n) is 7.88. The van der Waals surface area contributed by atoms with Crippen molar-refractivity contribution in [2.75, 3.05) is 14.1 Å². The molecular weight excluding hydrogens is 286 g/mol. The topological polar surface area (TPSA) is 3.24 Å². The summed E-state index contributed by atoms with van der Waals surface area (Å²) >= 11 is 5.66. The molecule has 0 aliphatic carbocycles. The second-order valence-electron chi connectivity index (χ2n) is 6.07. The highest BCUT2D eigenvalue weighted by Gasteiger charge is 2.11. The van der Waals surface area contributed by atoms with Crippen LogP contribution in [0.15, 0.2) is 48.5 Å². The van der Waals surface area contributed by atoms with Gasteiger partial charge in [0, 0.05) is 6.04 Å². The molecule has 0 spiro atoms. The van der Waals surface area contributed by atoms with Crippen LogP contribution in [0.3, 0.4) is 0 Å². The monoisotopic (exact) mass is 311 g/mol. The molecule has 0 saturated heterocycles. The molecule has 116 valence electrons. The fraction of sp³-hybridized carbons (Fsp3) is 0.350. The third-order valence-electron chi connectivity index (χ3n) is 4.28. The second kappa shape index (κ2) is 7.66. The van der Waals surface area contributed by atoms with E-state index in [0.29, 0.717) is 6.04 Å². The molecule has 0 saturated carbocycles. The van der Waals surface area contributed by atoms with Gasteiger partial charge in [-0.15, -0.1) is 0 Å². The standard InChI is InChI=1S/C20H25NS/c1-5-18(21(3)4)14-16-10-12-17(13-11-16)20(22)19-9-7-6-8-15(19)2/h6-13,18H,5,14H2,1-4H3. The number of hydrogen-bond donors (Lipinski definition) is 0. The Morgan fingerprint density at radius 2 is 1.68 bits per heavy atom. The van der Waals surface area contributed by atoms with Crippen molar-refractivity contribution in [1.82, 2.24) is 4.90 Å². The van der Waals surface area contributed by atoms with Gasteiger partial charge in [-0.3, -0.25) is 0 Å². The van der Waals surface area contributed by atoms with E-state index in [1.807, 2.05) is 6.07 Å². The van der Waals surface area contributed by atoms with E-state index in [9.17, 15) is 0 Å². The van der Waals surface area contributed by atoms with Gasteiger partial charge in [0.2, 0.25) is 0 Å². The van der Waals surface area contributed by atoms with Crippen LogP contribution >= 0.6 is 12.2 Å². The Morgan fingerprint density at radius 1 is 1.05 bits per heavy atom. The Morgan fingerprint density at radius 3 is 2.23 bits per heavy atom. The quantitative estimate of drug-likeness (QED) is 0.564. The average Bonchev–Trinajstić information content (AvgIpc) is 2.52. The van der Waals surface area contributed by atoms with E-state index < -0.39 is 0 Å². The maximum atomic E-state index is 5.66. The van der Waals surface area contributed by atoms with Gasteiger partial charge in [-0.05, 0) is 56.1 Å². The summed E-state index contributed by atoms with van der Waals surface area (Å²) in [6.07, 6.45) is 2.25. The lowest BCUT2D eigenvalue weighted by Crippen LogP contribution is -2.29. The molecule has 0 bridgehead atoms. The van der Waals surface area contributed by atoms with Gasteiger partial charge < -0.3 is 4.90 Å². The van der Waals surface area contributed by atoms with Gasteiger partial charge >= 0.3 is 0 Å². The van der Waals surface area contributed by atoms with Crippen LogP contribution in [-0.4, -0.2) is 29.9 Å². The Balaban J connectivity index is 2.15. The fourth-order valence-corrected chi connectivity index (χ4v) is 3.10. The summed E-state index contributed by atoms with van der Waals surface area (Å²) in [6, 6.07) is 17.7. The molecule has 1 nitrogen and oxygen atoms in total. The molecule has 0 heterocycles. The van der Waals surface area contributed by atoms with Crippen LogP contribution in [-0.2, 0) is 6.42 Å². The molecule has 1 atom stereocenters. The van der Waals surface area contributed by atoms with Crippen LogP contribution in [0.2, 0.25) is 0 Å². The molecule has 2 rings (SSSR count). The van der Waals surface area contributed by atoms with Crippen molar-refractivity contribution >= 4 is 17.1 Å². The lowest BCUT2D eigenvalue weighted by atomic mass is 9.97. The lowest BCUT2D eigenvalue weighted by molar-refractivity contribution is 0.284. The number of benzene rings is 2. The van der Waals surface area contributed by atoms with Crippen LogP contribution in [0.4, 0.5) is 0 Å². The molecule has 2 aromatic carbocycles. The van der Waals surface area contributed by atoms with E-state index in [1.165, 1.54) is 11.1 Å². The van der Waals surface area contributed by atoms with Gasteiger partial charge in [-0.2, -0.15) is 0 Å². The smallest absolute Gasteiger partial charge is 0.0524 e. The van der Waals surface area contributed by atoms with Crippen molar-refractivity contribution in [2.24, 2.45) is 0 Å². The first kappa shape index (κ1) is 16.9. The lowest BCUT2D eigenvalue weighted by Gasteiger charge is -2.23. The first-order chi connectivity index (χ1) is 10.5. The minimum absolute atomic E-state index is 0.592. The highest BCUT2D eigenvalue weighted by molar-refractivity contribution is 7.81. The summed E-state index contributed by atoms with van der Waals surface area (Å²) in [4.78, 5) is 3.23. The van der Waals surface area contributed by atoms with Crippen molar-refractivity contribution in [2.45, 2.75) is 32.7 Å². The molecule has 0 amide bonds. The van der Waals surface area contributed by atoms with Crippen LogP contribution in [0, 0.1) is 6.92 Å². The van der Waals surface area contributed by atoms with Crippen molar-refractivity contribution < 1.29 is 0 Å². The molecular formula is C20H25NS. The molecule has 0 radical (unpaired) electrons. The van der Waals surface area contributed by atoms with Crippen LogP contribution in [0.25, 0.3) is 0 Å². The predicted octanol–water partition coefficient (Wildman–Crippen LogP) is 4.64. The minimum Gasteiger partial charge on any atom is -0.306 e. The maximum absolute atomic E-state index is 5.66. The highest BCUT2D eigenvalue weighted by Crippen LogP contribution is 2.17. The summed E-state index contributed by atoms with van der Waals surface area (Å²) < 4.78 is 0.